The first-order valence-corrected chi connectivity index (χ1v) is 11.6. The molecule has 0 spiro atoms. The third-order valence-corrected chi connectivity index (χ3v) is 5.70. The van der Waals surface area contributed by atoms with Crippen LogP contribution in [0.15, 0.2) is 28.5 Å². The molecule has 0 N–H and O–H groups in total. The van der Waals surface area contributed by atoms with E-state index in [2.05, 4.69) is 27.4 Å². The van der Waals surface area contributed by atoms with E-state index in [1.807, 2.05) is 26.8 Å². The molecule has 7 nitrogen and oxygen atoms in total. The zero-order valence-corrected chi connectivity index (χ0v) is 19.3. The lowest BCUT2D eigenvalue weighted by molar-refractivity contribution is 0.0894. The average molecular weight is 437 g/mol. The number of hydrogen-bond acceptors (Lipinski definition) is 7. The number of rotatable bonds is 8. The van der Waals surface area contributed by atoms with Crippen LogP contribution in [0.1, 0.15) is 72.9 Å². The van der Waals surface area contributed by atoms with Crippen molar-refractivity contribution in [1.82, 2.24) is 9.97 Å². The van der Waals surface area contributed by atoms with Crippen LogP contribution >= 0.6 is 0 Å². The Hall–Kier alpha value is -2.96. The molecule has 0 saturated heterocycles. The average Bonchev–Trinajstić information content (AvgIpc) is 2.79. The topological polar surface area (TPSA) is 78.2 Å². The van der Waals surface area contributed by atoms with Gasteiger partial charge in [0.05, 0.1) is 18.0 Å². The van der Waals surface area contributed by atoms with E-state index >= 15 is 0 Å². The molecule has 0 radical (unpaired) electrons. The molecule has 2 aliphatic rings. The zero-order valence-electron chi connectivity index (χ0n) is 19.3. The van der Waals surface area contributed by atoms with Crippen molar-refractivity contribution in [2.45, 2.75) is 65.7 Å². The van der Waals surface area contributed by atoms with Crippen LogP contribution in [0.25, 0.3) is 0 Å². The first kappa shape index (κ1) is 22.2. The Morgan fingerprint density at radius 1 is 0.844 bits per heavy atom. The molecule has 2 aromatic heterocycles. The number of aromatic nitrogens is 2. The highest BCUT2D eigenvalue weighted by atomic mass is 16.6. The van der Waals surface area contributed by atoms with Gasteiger partial charge in [-0.3, -0.25) is 9.97 Å². The maximum Gasteiger partial charge on any atom is 0.126 e. The van der Waals surface area contributed by atoms with Crippen LogP contribution in [0.4, 0.5) is 0 Å². The molecule has 2 aliphatic carbocycles. The first-order chi connectivity index (χ1) is 15.7. The molecule has 0 aromatic carbocycles. The van der Waals surface area contributed by atoms with Crippen molar-refractivity contribution in [1.29, 1.82) is 0 Å². The Labute approximate surface area is 189 Å². The SMILES string of the molecule is CCOc1cc(C)nc2c1CCCC2=NOCCCON=C1CCCc2ccc(C)nc21. The van der Waals surface area contributed by atoms with Gasteiger partial charge in [-0.25, -0.2) is 0 Å². The van der Waals surface area contributed by atoms with Crippen molar-refractivity contribution in [3.63, 3.8) is 0 Å². The largest absolute Gasteiger partial charge is 0.493 e. The lowest BCUT2D eigenvalue weighted by atomic mass is 9.93. The molecule has 4 rings (SSSR count). The van der Waals surface area contributed by atoms with E-state index in [0.29, 0.717) is 26.2 Å². The standard InChI is InChI=1S/C25H32N4O3/c1-4-30-23-16-18(3)27-25-20(23)9-6-11-22(25)29-32-15-7-14-31-28-21-10-5-8-19-13-12-17(2)26-24(19)21/h12-13,16H,4-11,14-15H2,1-3H3. The van der Waals surface area contributed by atoms with E-state index in [1.54, 1.807) is 0 Å². The van der Waals surface area contributed by atoms with Crippen LogP contribution in [0.5, 0.6) is 5.75 Å². The summed E-state index contributed by atoms with van der Waals surface area (Å²) < 4.78 is 5.81. The van der Waals surface area contributed by atoms with Gasteiger partial charge in [-0.15, -0.1) is 0 Å². The minimum atomic E-state index is 0.474. The van der Waals surface area contributed by atoms with Gasteiger partial charge in [-0.05, 0) is 70.9 Å². The van der Waals surface area contributed by atoms with E-state index < -0.39 is 0 Å². The van der Waals surface area contributed by atoms with Crippen molar-refractivity contribution in [2.75, 3.05) is 19.8 Å². The van der Waals surface area contributed by atoms with Gasteiger partial charge in [0.25, 0.3) is 0 Å². The molecule has 0 unspecified atom stereocenters. The number of ether oxygens (including phenoxy) is 1. The highest BCUT2D eigenvalue weighted by molar-refractivity contribution is 6.01. The minimum absolute atomic E-state index is 0.474. The van der Waals surface area contributed by atoms with E-state index in [9.17, 15) is 0 Å². The summed E-state index contributed by atoms with van der Waals surface area (Å²) in [6.07, 6.45) is 6.60. The smallest absolute Gasteiger partial charge is 0.126 e. The fourth-order valence-electron chi connectivity index (χ4n) is 4.20. The highest BCUT2D eigenvalue weighted by Crippen LogP contribution is 2.30. The fourth-order valence-corrected chi connectivity index (χ4v) is 4.20. The quantitative estimate of drug-likeness (QED) is 0.443. The molecule has 170 valence electrons. The molecule has 7 heteroatoms. The van der Waals surface area contributed by atoms with Crippen molar-refractivity contribution >= 4 is 11.4 Å². The summed E-state index contributed by atoms with van der Waals surface area (Å²) >= 11 is 0. The maximum atomic E-state index is 5.81. The van der Waals surface area contributed by atoms with Crippen LogP contribution < -0.4 is 4.74 Å². The van der Waals surface area contributed by atoms with Gasteiger partial charge in [-0.1, -0.05) is 16.4 Å². The number of hydrogen-bond donors (Lipinski definition) is 0. The van der Waals surface area contributed by atoms with E-state index in [0.717, 1.165) is 84.0 Å². The summed E-state index contributed by atoms with van der Waals surface area (Å²) in [6.45, 7) is 7.59. The monoisotopic (exact) mass is 436 g/mol. The van der Waals surface area contributed by atoms with Gasteiger partial charge >= 0.3 is 0 Å². The molecule has 2 aromatic rings. The molecule has 0 amide bonds. The van der Waals surface area contributed by atoms with Gasteiger partial charge in [0.15, 0.2) is 0 Å². The normalized spacial score (nSPS) is 17.7. The summed E-state index contributed by atoms with van der Waals surface area (Å²) in [7, 11) is 0. The van der Waals surface area contributed by atoms with Crippen LogP contribution in [0.2, 0.25) is 0 Å². The molecule has 2 heterocycles. The number of fused-ring (bicyclic) bond motifs is 2. The predicted molar refractivity (Wildman–Crippen MR) is 125 cm³/mol. The number of oxime groups is 2. The second kappa shape index (κ2) is 10.6. The fraction of sp³-hybridized carbons (Fsp3) is 0.520. The molecule has 0 saturated carbocycles. The van der Waals surface area contributed by atoms with E-state index in [1.165, 1.54) is 5.56 Å². The molecule has 0 fully saturated rings. The van der Waals surface area contributed by atoms with E-state index in [-0.39, 0.29) is 0 Å². The lowest BCUT2D eigenvalue weighted by Crippen LogP contribution is -2.17. The van der Waals surface area contributed by atoms with Crippen molar-refractivity contribution in [2.24, 2.45) is 10.3 Å². The Kier molecular flexibility index (Phi) is 7.35. The molecule has 32 heavy (non-hydrogen) atoms. The third kappa shape index (κ3) is 5.26. The molecular weight excluding hydrogens is 404 g/mol. The molecule has 0 aliphatic heterocycles. The molecule has 0 bridgehead atoms. The number of nitrogens with zero attached hydrogens (tertiary/aromatic N) is 4. The summed E-state index contributed by atoms with van der Waals surface area (Å²) in [5.74, 6) is 0.920. The predicted octanol–water partition coefficient (Wildman–Crippen LogP) is 4.70. The number of pyridine rings is 2. The summed E-state index contributed by atoms with van der Waals surface area (Å²) in [6, 6.07) is 6.21. The van der Waals surface area contributed by atoms with Gasteiger partial charge in [0.1, 0.15) is 30.4 Å². The lowest BCUT2D eigenvalue weighted by Gasteiger charge is -2.20. The third-order valence-electron chi connectivity index (χ3n) is 5.70. The van der Waals surface area contributed by atoms with Crippen molar-refractivity contribution < 1.29 is 14.4 Å². The molecular formula is C25H32N4O3. The Morgan fingerprint density at radius 3 is 2.28 bits per heavy atom. The Morgan fingerprint density at radius 2 is 1.53 bits per heavy atom. The summed E-state index contributed by atoms with van der Waals surface area (Å²) in [4.78, 5) is 20.5. The number of aryl methyl sites for hydroxylation is 3. The second-order valence-electron chi connectivity index (χ2n) is 8.29. The Balaban J connectivity index is 1.29. The first-order valence-electron chi connectivity index (χ1n) is 11.6. The maximum absolute atomic E-state index is 5.81. The molecule has 0 atom stereocenters. The zero-order chi connectivity index (χ0) is 22.3. The van der Waals surface area contributed by atoms with Gasteiger partial charge in [-0.2, -0.15) is 0 Å². The van der Waals surface area contributed by atoms with Crippen LogP contribution in [-0.2, 0) is 22.5 Å². The van der Waals surface area contributed by atoms with Gasteiger partial charge in [0.2, 0.25) is 0 Å². The van der Waals surface area contributed by atoms with Crippen LogP contribution in [0.3, 0.4) is 0 Å². The van der Waals surface area contributed by atoms with Gasteiger partial charge in [0, 0.05) is 29.4 Å². The van der Waals surface area contributed by atoms with Crippen LogP contribution in [-0.4, -0.2) is 41.2 Å². The second-order valence-corrected chi connectivity index (χ2v) is 8.29. The summed E-state index contributed by atoms with van der Waals surface area (Å²) in [5, 5.41) is 8.75. The van der Waals surface area contributed by atoms with Crippen LogP contribution in [0, 0.1) is 13.8 Å². The summed E-state index contributed by atoms with van der Waals surface area (Å²) in [5.41, 5.74) is 8.09. The van der Waals surface area contributed by atoms with Gasteiger partial charge < -0.3 is 14.4 Å². The van der Waals surface area contributed by atoms with E-state index in [4.69, 9.17) is 19.4 Å². The Bertz CT molecular complexity index is 1020. The minimum Gasteiger partial charge on any atom is -0.493 e. The highest BCUT2D eigenvalue weighted by Gasteiger charge is 2.22. The van der Waals surface area contributed by atoms with Crippen molar-refractivity contribution in [3.05, 3.63) is 52.1 Å². The van der Waals surface area contributed by atoms with Crippen molar-refractivity contribution in [3.8, 4) is 5.75 Å².